The largest absolute Gasteiger partial charge is 0.497 e. The van der Waals surface area contributed by atoms with E-state index in [1.54, 1.807) is 18.1 Å². The minimum absolute atomic E-state index is 0.0189. The Morgan fingerprint density at radius 3 is 2.39 bits per heavy atom. The predicted molar refractivity (Wildman–Crippen MR) is 88.5 cm³/mol. The number of nitrogens with zero attached hydrogens (tertiary/aromatic N) is 1. The van der Waals surface area contributed by atoms with Gasteiger partial charge in [-0.1, -0.05) is 36.4 Å². The van der Waals surface area contributed by atoms with Gasteiger partial charge in [-0.15, -0.1) is 6.58 Å². The lowest BCUT2D eigenvalue weighted by Crippen LogP contribution is -2.61. The molecule has 4 nitrogen and oxygen atoms in total. The number of hydrogen-bond acceptors (Lipinski definition) is 3. The van der Waals surface area contributed by atoms with Crippen molar-refractivity contribution in [2.75, 3.05) is 13.7 Å². The van der Waals surface area contributed by atoms with E-state index in [0.717, 1.165) is 11.3 Å². The molecule has 23 heavy (non-hydrogen) atoms. The molecule has 1 amide bonds. The molecule has 2 atom stereocenters. The molecular formula is C19H19NO3. The first kappa shape index (κ1) is 15.2. The second-order valence-corrected chi connectivity index (χ2v) is 5.35. The first-order valence-corrected chi connectivity index (χ1v) is 7.51. The minimum atomic E-state index is -0.509. The molecule has 1 heterocycles. The smallest absolute Gasteiger partial charge is 0.267 e. The monoisotopic (exact) mass is 309 g/mol. The zero-order valence-electron chi connectivity index (χ0n) is 13.0. The molecule has 2 aromatic rings. The Balaban J connectivity index is 1.84. The third-order valence-electron chi connectivity index (χ3n) is 3.94. The summed E-state index contributed by atoms with van der Waals surface area (Å²) in [5, 5.41) is 0. The summed E-state index contributed by atoms with van der Waals surface area (Å²) in [7, 11) is 1.63. The Labute approximate surface area is 135 Å². The molecule has 0 aliphatic carbocycles. The van der Waals surface area contributed by atoms with Crippen LogP contribution in [-0.4, -0.2) is 30.6 Å². The molecule has 1 aliphatic heterocycles. The van der Waals surface area contributed by atoms with E-state index in [1.807, 2.05) is 54.6 Å². The van der Waals surface area contributed by atoms with E-state index in [9.17, 15) is 4.79 Å². The van der Waals surface area contributed by atoms with Crippen molar-refractivity contribution in [1.29, 1.82) is 0 Å². The summed E-state index contributed by atoms with van der Waals surface area (Å²) in [5.74, 6) is 1.47. The lowest BCUT2D eigenvalue weighted by Gasteiger charge is -2.46. The van der Waals surface area contributed by atoms with Gasteiger partial charge in [0.15, 0.2) is 0 Å². The zero-order chi connectivity index (χ0) is 16.2. The number of benzene rings is 2. The van der Waals surface area contributed by atoms with Crippen LogP contribution in [0.25, 0.3) is 0 Å². The first-order chi connectivity index (χ1) is 11.2. The van der Waals surface area contributed by atoms with Crippen molar-refractivity contribution in [2.24, 2.45) is 0 Å². The molecule has 1 fully saturated rings. The number of ether oxygens (including phenoxy) is 2. The van der Waals surface area contributed by atoms with Crippen molar-refractivity contribution in [1.82, 2.24) is 4.90 Å². The molecule has 1 saturated heterocycles. The molecule has 0 saturated carbocycles. The zero-order valence-corrected chi connectivity index (χ0v) is 13.0. The minimum Gasteiger partial charge on any atom is -0.497 e. The summed E-state index contributed by atoms with van der Waals surface area (Å²) in [6.45, 7) is 4.23. The highest BCUT2D eigenvalue weighted by Gasteiger charge is 2.49. The third kappa shape index (κ3) is 2.93. The van der Waals surface area contributed by atoms with Crippen molar-refractivity contribution in [2.45, 2.75) is 12.1 Å². The molecule has 0 N–H and O–H groups in total. The van der Waals surface area contributed by atoms with Crippen LogP contribution in [0.5, 0.6) is 11.5 Å². The average molecular weight is 309 g/mol. The Hall–Kier alpha value is -2.75. The van der Waals surface area contributed by atoms with Crippen LogP contribution in [0.15, 0.2) is 67.3 Å². The van der Waals surface area contributed by atoms with Crippen LogP contribution >= 0.6 is 0 Å². The van der Waals surface area contributed by atoms with Crippen LogP contribution in [0.1, 0.15) is 11.6 Å². The van der Waals surface area contributed by atoms with Gasteiger partial charge in [0.25, 0.3) is 5.91 Å². The van der Waals surface area contributed by atoms with Crippen LogP contribution in [0, 0.1) is 0 Å². The molecule has 0 bridgehead atoms. The molecule has 0 radical (unpaired) electrons. The Morgan fingerprint density at radius 1 is 1.09 bits per heavy atom. The maximum atomic E-state index is 12.4. The molecule has 0 spiro atoms. The van der Waals surface area contributed by atoms with Crippen molar-refractivity contribution in [3.8, 4) is 11.5 Å². The lowest BCUT2D eigenvalue weighted by atomic mass is 9.90. The van der Waals surface area contributed by atoms with E-state index in [-0.39, 0.29) is 11.9 Å². The summed E-state index contributed by atoms with van der Waals surface area (Å²) < 4.78 is 11.1. The molecule has 1 aliphatic rings. The molecule has 3 rings (SSSR count). The quantitative estimate of drug-likeness (QED) is 0.607. The van der Waals surface area contributed by atoms with Crippen molar-refractivity contribution in [3.63, 3.8) is 0 Å². The summed E-state index contributed by atoms with van der Waals surface area (Å²) in [4.78, 5) is 14.2. The summed E-state index contributed by atoms with van der Waals surface area (Å²) >= 11 is 0. The van der Waals surface area contributed by atoms with E-state index >= 15 is 0 Å². The van der Waals surface area contributed by atoms with E-state index in [1.165, 1.54) is 0 Å². The van der Waals surface area contributed by atoms with E-state index < -0.39 is 6.10 Å². The third-order valence-corrected chi connectivity index (χ3v) is 3.94. The summed E-state index contributed by atoms with van der Waals surface area (Å²) in [5.41, 5.74) is 1.02. The van der Waals surface area contributed by atoms with Crippen molar-refractivity contribution < 1.29 is 14.3 Å². The lowest BCUT2D eigenvalue weighted by molar-refractivity contribution is -0.162. The number of methoxy groups -OCH3 is 1. The highest BCUT2D eigenvalue weighted by molar-refractivity contribution is 5.89. The van der Waals surface area contributed by atoms with Crippen molar-refractivity contribution in [3.05, 3.63) is 72.8 Å². The molecule has 2 aromatic carbocycles. The topological polar surface area (TPSA) is 38.8 Å². The fourth-order valence-corrected chi connectivity index (χ4v) is 2.78. The SMILES string of the molecule is C=CCN1C(=O)[C@H](Oc2ccccc2)[C@@H]1c1ccc(OC)cc1. The van der Waals surface area contributed by atoms with Crippen LogP contribution in [0.2, 0.25) is 0 Å². The van der Waals surface area contributed by atoms with Gasteiger partial charge in [0.05, 0.1) is 7.11 Å². The van der Waals surface area contributed by atoms with Crippen LogP contribution in [0.3, 0.4) is 0 Å². The van der Waals surface area contributed by atoms with Gasteiger partial charge in [0, 0.05) is 6.54 Å². The van der Waals surface area contributed by atoms with Crippen LogP contribution in [-0.2, 0) is 4.79 Å². The fourth-order valence-electron chi connectivity index (χ4n) is 2.78. The second-order valence-electron chi connectivity index (χ2n) is 5.35. The van der Waals surface area contributed by atoms with Crippen molar-refractivity contribution >= 4 is 5.91 Å². The molecular weight excluding hydrogens is 290 g/mol. The normalized spacial score (nSPS) is 19.9. The molecule has 0 unspecified atom stereocenters. The molecule has 0 aromatic heterocycles. The van der Waals surface area contributed by atoms with Gasteiger partial charge < -0.3 is 14.4 Å². The number of hydrogen-bond donors (Lipinski definition) is 0. The van der Waals surface area contributed by atoms with Crippen LogP contribution in [0.4, 0.5) is 0 Å². The summed E-state index contributed by atoms with van der Waals surface area (Å²) in [6.07, 6.45) is 1.22. The Morgan fingerprint density at radius 2 is 1.78 bits per heavy atom. The maximum Gasteiger partial charge on any atom is 0.267 e. The highest BCUT2D eigenvalue weighted by Crippen LogP contribution is 2.38. The van der Waals surface area contributed by atoms with E-state index in [2.05, 4.69) is 6.58 Å². The van der Waals surface area contributed by atoms with Gasteiger partial charge in [-0.25, -0.2) is 0 Å². The fraction of sp³-hybridized carbons (Fsp3) is 0.211. The predicted octanol–water partition coefficient (Wildman–Crippen LogP) is 3.21. The maximum absolute atomic E-state index is 12.4. The van der Waals surface area contributed by atoms with Gasteiger partial charge in [0.2, 0.25) is 6.10 Å². The summed E-state index contributed by atoms with van der Waals surface area (Å²) in [6, 6.07) is 17.0. The van der Waals surface area contributed by atoms with Gasteiger partial charge in [-0.05, 0) is 29.8 Å². The van der Waals surface area contributed by atoms with Gasteiger partial charge in [-0.3, -0.25) is 4.79 Å². The number of carbonyl (C=O) groups is 1. The number of amides is 1. The second kappa shape index (κ2) is 6.57. The molecule has 4 heteroatoms. The van der Waals surface area contributed by atoms with E-state index in [4.69, 9.17) is 9.47 Å². The number of rotatable bonds is 6. The Bertz CT molecular complexity index is 682. The Kier molecular flexibility index (Phi) is 4.33. The van der Waals surface area contributed by atoms with Gasteiger partial charge in [-0.2, -0.15) is 0 Å². The standard InChI is InChI=1S/C19H19NO3/c1-3-13-20-17(14-9-11-15(22-2)12-10-14)18(19(20)21)23-16-7-5-4-6-8-16/h3-12,17-18H,1,13H2,2H3/t17-,18+/m0/s1. The molecule has 118 valence electrons. The number of likely N-dealkylation sites (tertiary alicyclic amines) is 1. The number of carbonyl (C=O) groups excluding carboxylic acids is 1. The highest BCUT2D eigenvalue weighted by atomic mass is 16.5. The first-order valence-electron chi connectivity index (χ1n) is 7.51. The number of β-lactam (4-membered cyclic amide) rings is 1. The van der Waals surface area contributed by atoms with E-state index in [0.29, 0.717) is 12.3 Å². The van der Waals surface area contributed by atoms with Gasteiger partial charge in [0.1, 0.15) is 17.5 Å². The van der Waals surface area contributed by atoms with Crippen LogP contribution < -0.4 is 9.47 Å². The average Bonchev–Trinajstić information content (AvgIpc) is 2.61. The van der Waals surface area contributed by atoms with Gasteiger partial charge >= 0.3 is 0 Å². The number of para-hydroxylation sites is 1.